The van der Waals surface area contributed by atoms with Crippen molar-refractivity contribution in [2.24, 2.45) is 0 Å². The Labute approximate surface area is 427 Å². The Bertz CT molecular complexity index is 3580. The van der Waals surface area contributed by atoms with Crippen LogP contribution in [0, 0.1) is 6.33 Å². The lowest BCUT2D eigenvalue weighted by atomic mass is 9.73. The van der Waals surface area contributed by atoms with Gasteiger partial charge in [0, 0.05) is 39.3 Å². The topological polar surface area (TPSA) is 35.9 Å². The molecule has 0 fully saturated rings. The van der Waals surface area contributed by atoms with Gasteiger partial charge in [-0.3, -0.25) is 13.7 Å². The van der Waals surface area contributed by atoms with Crippen molar-refractivity contribution in [3.05, 3.63) is 245 Å². The van der Waals surface area contributed by atoms with Crippen LogP contribution in [0.5, 0.6) is 11.5 Å². The highest BCUT2D eigenvalue weighted by atomic mass is 16.5. The van der Waals surface area contributed by atoms with Gasteiger partial charge >= 0.3 is 0 Å². The van der Waals surface area contributed by atoms with E-state index in [1.807, 2.05) is 6.20 Å². The SMILES string of the molecule is CC(C)(C)c1ccnc(-n2c3ccc(C(C)(C)C)cc3c3ccc(Oc4cccc(-n5[c-][n+](-c6cccc(C(C)(C)c7ccccc7)c6)c(C(C)(C)c6ccccc6)c5C(C)(C)c5ccccc5)c4)cc32)c1. The highest BCUT2D eigenvalue weighted by Gasteiger charge is 2.40. The summed E-state index contributed by atoms with van der Waals surface area (Å²) in [5.41, 5.74) is 12.7. The van der Waals surface area contributed by atoms with E-state index >= 15 is 0 Å². The second-order valence-corrected chi connectivity index (χ2v) is 23.2. The maximum absolute atomic E-state index is 6.99. The normalized spacial score (nSPS) is 12.7. The van der Waals surface area contributed by atoms with E-state index in [-0.39, 0.29) is 16.2 Å². The fourth-order valence-corrected chi connectivity index (χ4v) is 10.6. The first-order valence-corrected chi connectivity index (χ1v) is 25.5. The number of rotatable bonds is 11. The van der Waals surface area contributed by atoms with E-state index in [0.29, 0.717) is 0 Å². The summed E-state index contributed by atoms with van der Waals surface area (Å²) in [5, 5.41) is 2.35. The number of fused-ring (bicyclic) bond motifs is 3. The quantitative estimate of drug-likeness (QED) is 0.0957. The van der Waals surface area contributed by atoms with E-state index in [0.717, 1.165) is 56.5 Å². The molecule has 0 radical (unpaired) electrons. The Morgan fingerprint density at radius 1 is 0.431 bits per heavy atom. The van der Waals surface area contributed by atoms with E-state index in [2.05, 4.69) is 291 Å². The van der Waals surface area contributed by atoms with Gasteiger partial charge in [-0.2, -0.15) is 0 Å². The van der Waals surface area contributed by atoms with Crippen LogP contribution >= 0.6 is 0 Å². The smallest absolute Gasteiger partial charge is 0.269 e. The van der Waals surface area contributed by atoms with Crippen molar-refractivity contribution in [2.75, 3.05) is 0 Å². The summed E-state index contributed by atoms with van der Waals surface area (Å²) in [4.78, 5) is 4.99. The molecule has 0 aliphatic rings. The summed E-state index contributed by atoms with van der Waals surface area (Å²) >= 11 is 0. The van der Waals surface area contributed by atoms with Gasteiger partial charge in [0.1, 0.15) is 17.3 Å². The van der Waals surface area contributed by atoms with Crippen molar-refractivity contribution in [1.29, 1.82) is 0 Å². The molecule has 362 valence electrons. The first kappa shape index (κ1) is 48.1. The molecule has 0 bridgehead atoms. The van der Waals surface area contributed by atoms with E-state index in [1.54, 1.807) is 0 Å². The van der Waals surface area contributed by atoms with E-state index < -0.39 is 10.8 Å². The second kappa shape index (κ2) is 18.0. The number of imidazole rings is 1. The standard InChI is InChI=1S/C67H68N4O/c1-63(2,3)49-34-37-58-57(41-49)56-36-35-55(44-59(56)71(58)60-42-50(38-39-68-60)64(4,5)6)72-54-33-23-32-53(43-54)70-45-69(52-31-22-30-51(40-52)65(7,8)46-24-16-13-17-25-46)61(66(9,10)47-26-18-14-19-27-47)62(70)67(11,12)48-28-20-15-21-29-48/h13-44H,1-12H3. The van der Waals surface area contributed by atoms with Crippen LogP contribution in [0.1, 0.15) is 128 Å². The van der Waals surface area contributed by atoms with Gasteiger partial charge in [-0.15, -0.1) is 0 Å². The lowest BCUT2D eigenvalue weighted by Gasteiger charge is -2.35. The zero-order valence-electron chi connectivity index (χ0n) is 44.2. The largest absolute Gasteiger partial charge is 0.458 e. The minimum atomic E-state index is -0.480. The van der Waals surface area contributed by atoms with Gasteiger partial charge in [-0.1, -0.05) is 198 Å². The predicted molar refractivity (Wildman–Crippen MR) is 298 cm³/mol. The van der Waals surface area contributed by atoms with Crippen LogP contribution in [0.3, 0.4) is 0 Å². The Kier molecular flexibility index (Phi) is 12.0. The number of pyridine rings is 1. The number of nitrogens with zero attached hydrogens (tertiary/aromatic N) is 4. The Morgan fingerprint density at radius 2 is 1.00 bits per heavy atom. The van der Waals surface area contributed by atoms with Crippen LogP contribution < -0.4 is 9.30 Å². The third kappa shape index (κ3) is 8.74. The summed E-state index contributed by atoms with van der Waals surface area (Å²) in [6.07, 6.45) is 5.94. The molecule has 3 heterocycles. The number of aromatic nitrogens is 4. The predicted octanol–water partition coefficient (Wildman–Crippen LogP) is 16.4. The molecule has 3 aromatic heterocycles. The van der Waals surface area contributed by atoms with Crippen LogP contribution in [0.15, 0.2) is 194 Å². The molecule has 0 saturated heterocycles. The second-order valence-electron chi connectivity index (χ2n) is 23.2. The maximum atomic E-state index is 6.99. The average molecular weight is 945 g/mol. The van der Waals surface area contributed by atoms with Crippen LogP contribution in [0.4, 0.5) is 0 Å². The van der Waals surface area contributed by atoms with Crippen molar-refractivity contribution < 1.29 is 9.30 Å². The molecule has 0 atom stereocenters. The molecule has 0 aliphatic heterocycles. The molecule has 0 aliphatic carbocycles. The number of benzene rings is 7. The van der Waals surface area contributed by atoms with Gasteiger partial charge < -0.3 is 4.74 Å². The van der Waals surface area contributed by atoms with Crippen molar-refractivity contribution in [3.8, 4) is 28.7 Å². The van der Waals surface area contributed by atoms with E-state index in [4.69, 9.17) is 9.72 Å². The summed E-state index contributed by atoms with van der Waals surface area (Å²) in [6, 6.07) is 67.8. The summed E-state index contributed by atoms with van der Waals surface area (Å²) < 4.78 is 13.9. The van der Waals surface area contributed by atoms with Gasteiger partial charge in [0.15, 0.2) is 0 Å². The zero-order chi connectivity index (χ0) is 50.8. The van der Waals surface area contributed by atoms with Crippen molar-refractivity contribution in [2.45, 2.75) is 110 Å². The molecule has 10 aromatic rings. The Hall–Kier alpha value is -7.50. The van der Waals surface area contributed by atoms with E-state index in [1.165, 1.54) is 38.8 Å². The molecule has 10 rings (SSSR count). The van der Waals surface area contributed by atoms with Gasteiger partial charge in [-0.25, -0.2) is 4.98 Å². The zero-order valence-corrected chi connectivity index (χ0v) is 44.2. The summed E-state index contributed by atoms with van der Waals surface area (Å²) in [5.74, 6) is 2.36. The molecule has 0 spiro atoms. The fraction of sp³-hybridized carbons (Fsp3) is 0.254. The average Bonchev–Trinajstić information content (AvgIpc) is 3.95. The van der Waals surface area contributed by atoms with Crippen LogP contribution in [0.2, 0.25) is 0 Å². The maximum Gasteiger partial charge on any atom is 0.269 e. The van der Waals surface area contributed by atoms with Gasteiger partial charge in [0.2, 0.25) is 0 Å². The summed E-state index contributed by atoms with van der Waals surface area (Å²) in [6.45, 7) is 27.6. The molecule has 0 amide bonds. The highest BCUT2D eigenvalue weighted by molar-refractivity contribution is 6.09. The van der Waals surface area contributed by atoms with Crippen molar-refractivity contribution in [3.63, 3.8) is 0 Å². The first-order chi connectivity index (χ1) is 34.2. The lowest BCUT2D eigenvalue weighted by molar-refractivity contribution is -0.611. The number of hydrogen-bond acceptors (Lipinski definition) is 2. The van der Waals surface area contributed by atoms with Crippen LogP contribution in [-0.2, 0) is 27.1 Å². The molecular weight excluding hydrogens is 877 g/mol. The van der Waals surface area contributed by atoms with Gasteiger partial charge in [0.05, 0.1) is 33.8 Å². The Morgan fingerprint density at radius 3 is 1.64 bits per heavy atom. The molecule has 5 nitrogen and oxygen atoms in total. The minimum absolute atomic E-state index is 0.00490. The monoisotopic (exact) mass is 945 g/mol. The van der Waals surface area contributed by atoms with Crippen LogP contribution in [-0.4, -0.2) is 14.1 Å². The van der Waals surface area contributed by atoms with Gasteiger partial charge in [-0.05, 0) is 111 Å². The molecule has 5 heteroatoms. The molecule has 7 aromatic carbocycles. The lowest BCUT2D eigenvalue weighted by Crippen LogP contribution is -2.43. The molecular formula is C67H68N4O. The van der Waals surface area contributed by atoms with Crippen LogP contribution in [0.25, 0.3) is 39.0 Å². The third-order valence-electron chi connectivity index (χ3n) is 15.1. The number of ether oxygens (including phenoxy) is 1. The Balaban J connectivity index is 1.16. The third-order valence-corrected chi connectivity index (χ3v) is 15.1. The minimum Gasteiger partial charge on any atom is -0.458 e. The fourth-order valence-electron chi connectivity index (χ4n) is 10.6. The van der Waals surface area contributed by atoms with Gasteiger partial charge in [0.25, 0.3) is 6.33 Å². The number of hydrogen-bond donors (Lipinski definition) is 0. The molecule has 0 saturated carbocycles. The molecule has 0 unspecified atom stereocenters. The van der Waals surface area contributed by atoms with Crippen molar-refractivity contribution in [1.82, 2.24) is 14.1 Å². The molecule has 72 heavy (non-hydrogen) atoms. The molecule has 0 N–H and O–H groups in total. The van der Waals surface area contributed by atoms with E-state index in [9.17, 15) is 0 Å². The summed E-state index contributed by atoms with van der Waals surface area (Å²) in [7, 11) is 0. The highest BCUT2D eigenvalue weighted by Crippen LogP contribution is 2.43. The first-order valence-electron chi connectivity index (χ1n) is 25.5. The van der Waals surface area contributed by atoms with Crippen molar-refractivity contribution >= 4 is 21.8 Å².